The maximum absolute atomic E-state index is 13.0. The van der Waals surface area contributed by atoms with Crippen LogP contribution in [-0.4, -0.2) is 12.0 Å². The van der Waals surface area contributed by atoms with Crippen molar-refractivity contribution in [3.05, 3.63) is 77.0 Å². The molecule has 22 heavy (non-hydrogen) atoms. The Balaban J connectivity index is 2.29. The number of para-hydroxylation sites is 1. The summed E-state index contributed by atoms with van der Waals surface area (Å²) >= 11 is 5.68. The summed E-state index contributed by atoms with van der Waals surface area (Å²) in [6.07, 6.45) is -4.13. The molecule has 0 aliphatic heterocycles. The minimum atomic E-state index is -4.67. The lowest BCUT2D eigenvalue weighted by Crippen LogP contribution is -2.20. The quantitative estimate of drug-likeness (QED) is 0.627. The number of hydrogen-bond donors (Lipinski definition) is 1. The largest absolute Gasteiger partial charge is 0.431 e. The first-order chi connectivity index (χ1) is 10.4. The Morgan fingerprint density at radius 3 is 2.14 bits per heavy atom. The van der Waals surface area contributed by atoms with Crippen molar-refractivity contribution < 1.29 is 18.0 Å². The molecule has 6 heteroatoms. The minimum absolute atomic E-state index is 0.126. The molecule has 0 saturated heterocycles. The van der Waals surface area contributed by atoms with Gasteiger partial charge in [-0.2, -0.15) is 13.2 Å². The zero-order valence-corrected chi connectivity index (χ0v) is 11.9. The summed E-state index contributed by atoms with van der Waals surface area (Å²) in [5.74, 6) is -0.757. The smallest absolute Gasteiger partial charge is 0.351 e. The molecule has 0 bridgehead atoms. The Morgan fingerprint density at radius 2 is 1.59 bits per heavy atom. The lowest BCUT2D eigenvalue weighted by Gasteiger charge is -2.14. The van der Waals surface area contributed by atoms with Crippen LogP contribution < -0.4 is 5.32 Å². The summed E-state index contributed by atoms with van der Waals surface area (Å²) in [7, 11) is 0. The molecule has 114 valence electrons. The van der Waals surface area contributed by atoms with Crippen molar-refractivity contribution in [2.24, 2.45) is 0 Å². The van der Waals surface area contributed by atoms with Crippen LogP contribution in [0.25, 0.3) is 0 Å². The highest BCUT2D eigenvalue weighted by atomic mass is 35.5. The fraction of sp³-hybridized carbons (Fsp3) is 0.0625. The van der Waals surface area contributed by atoms with Crippen LogP contribution in [-0.2, 0) is 0 Å². The van der Waals surface area contributed by atoms with Gasteiger partial charge in [-0.25, -0.2) is 0 Å². The molecule has 0 unspecified atom stereocenters. The van der Waals surface area contributed by atoms with Crippen LogP contribution in [0, 0.1) is 0 Å². The van der Waals surface area contributed by atoms with E-state index in [0.29, 0.717) is 11.1 Å². The van der Waals surface area contributed by atoms with Crippen molar-refractivity contribution in [2.45, 2.75) is 6.18 Å². The van der Waals surface area contributed by atoms with Crippen molar-refractivity contribution in [3.63, 3.8) is 0 Å². The minimum Gasteiger partial charge on any atom is -0.351 e. The Hall–Kier alpha value is -2.27. The summed E-state index contributed by atoms with van der Waals surface area (Å²) in [6.45, 7) is 0. The zero-order valence-electron chi connectivity index (χ0n) is 11.2. The average molecular weight is 326 g/mol. The predicted molar refractivity (Wildman–Crippen MR) is 80.0 cm³/mol. The Labute approximate surface area is 130 Å². The third kappa shape index (κ3) is 4.36. The Bertz CT molecular complexity index is 679. The number of alkyl halides is 3. The number of benzene rings is 2. The first-order valence-electron chi connectivity index (χ1n) is 6.27. The second-order valence-corrected chi connectivity index (χ2v) is 4.85. The third-order valence-electron chi connectivity index (χ3n) is 2.76. The highest BCUT2D eigenvalue weighted by Crippen LogP contribution is 2.27. The number of allylic oxidation sites excluding steroid dienone is 2. The van der Waals surface area contributed by atoms with Crippen LogP contribution in [0.2, 0.25) is 5.02 Å². The monoisotopic (exact) mass is 325 g/mol. The lowest BCUT2D eigenvalue weighted by molar-refractivity contribution is -0.0903. The number of carbonyl (C=O) groups is 1. The first kappa shape index (κ1) is 16.1. The van der Waals surface area contributed by atoms with Gasteiger partial charge < -0.3 is 5.32 Å². The molecule has 0 atom stereocenters. The zero-order chi connectivity index (χ0) is 16.2. The van der Waals surface area contributed by atoms with Gasteiger partial charge >= 0.3 is 6.18 Å². The molecule has 0 amide bonds. The van der Waals surface area contributed by atoms with E-state index in [0.717, 1.165) is 0 Å². The van der Waals surface area contributed by atoms with Crippen LogP contribution in [0.1, 0.15) is 10.4 Å². The van der Waals surface area contributed by atoms with Crippen molar-refractivity contribution >= 4 is 23.1 Å². The average Bonchev–Trinajstić information content (AvgIpc) is 2.47. The standard InChI is InChI=1S/C16H11ClF3NO/c17-12-8-6-11(7-9-12)14(22)10-15(16(18,19)20)21-13-4-2-1-3-5-13/h1-10,21H/b15-10+. The number of ketones is 1. The summed E-state index contributed by atoms with van der Waals surface area (Å²) < 4.78 is 39.1. The molecule has 0 fully saturated rings. The number of rotatable bonds is 4. The third-order valence-corrected chi connectivity index (χ3v) is 3.01. The van der Waals surface area contributed by atoms with E-state index in [1.54, 1.807) is 18.2 Å². The van der Waals surface area contributed by atoms with Gasteiger partial charge in [-0.3, -0.25) is 4.79 Å². The van der Waals surface area contributed by atoms with Crippen molar-refractivity contribution in [1.29, 1.82) is 0 Å². The molecule has 2 rings (SSSR count). The van der Waals surface area contributed by atoms with Gasteiger partial charge in [0.1, 0.15) is 5.70 Å². The van der Waals surface area contributed by atoms with E-state index in [9.17, 15) is 18.0 Å². The number of carbonyl (C=O) groups excluding carboxylic acids is 1. The summed E-state index contributed by atoms with van der Waals surface area (Å²) in [5.41, 5.74) is -0.755. The highest BCUT2D eigenvalue weighted by molar-refractivity contribution is 6.30. The van der Waals surface area contributed by atoms with Gasteiger partial charge in [0, 0.05) is 22.3 Å². The number of halogens is 4. The molecular weight excluding hydrogens is 315 g/mol. The molecule has 2 aromatic carbocycles. The van der Waals surface area contributed by atoms with Gasteiger partial charge in [-0.1, -0.05) is 29.8 Å². The Morgan fingerprint density at radius 1 is 1.00 bits per heavy atom. The van der Waals surface area contributed by atoms with E-state index in [2.05, 4.69) is 5.32 Å². The fourth-order valence-corrected chi connectivity index (χ4v) is 1.82. The molecule has 0 aliphatic rings. The maximum Gasteiger partial charge on any atom is 0.431 e. The molecule has 0 heterocycles. The van der Waals surface area contributed by atoms with E-state index in [1.807, 2.05) is 0 Å². The molecule has 0 saturated carbocycles. The normalized spacial score (nSPS) is 12.1. The van der Waals surface area contributed by atoms with E-state index in [-0.39, 0.29) is 11.3 Å². The van der Waals surface area contributed by atoms with Crippen molar-refractivity contribution in [3.8, 4) is 0 Å². The van der Waals surface area contributed by atoms with Gasteiger partial charge in [0.15, 0.2) is 5.78 Å². The molecule has 2 nitrogen and oxygen atoms in total. The molecular formula is C16H11ClF3NO. The topological polar surface area (TPSA) is 29.1 Å². The van der Waals surface area contributed by atoms with Gasteiger partial charge in [-0.15, -0.1) is 0 Å². The molecule has 0 radical (unpaired) electrons. The second kappa shape index (κ2) is 6.66. The van der Waals surface area contributed by atoms with E-state index in [1.165, 1.54) is 36.4 Å². The molecule has 0 aliphatic carbocycles. The van der Waals surface area contributed by atoms with E-state index in [4.69, 9.17) is 11.6 Å². The lowest BCUT2D eigenvalue weighted by atomic mass is 10.1. The number of hydrogen-bond acceptors (Lipinski definition) is 2. The summed E-state index contributed by atoms with van der Waals surface area (Å²) in [5, 5.41) is 2.62. The summed E-state index contributed by atoms with van der Waals surface area (Å²) in [4.78, 5) is 11.9. The second-order valence-electron chi connectivity index (χ2n) is 4.42. The van der Waals surface area contributed by atoms with Crippen LogP contribution in [0.15, 0.2) is 66.4 Å². The number of nitrogens with one attached hydrogen (secondary N) is 1. The fourth-order valence-electron chi connectivity index (χ4n) is 1.69. The number of anilines is 1. The van der Waals surface area contributed by atoms with Crippen LogP contribution in [0.4, 0.5) is 18.9 Å². The molecule has 0 spiro atoms. The molecule has 1 N–H and O–H groups in total. The predicted octanol–water partition coefficient (Wildman–Crippen LogP) is 5.08. The summed E-state index contributed by atoms with van der Waals surface area (Å²) in [6, 6.07) is 13.5. The maximum atomic E-state index is 13.0. The van der Waals surface area contributed by atoms with Crippen molar-refractivity contribution in [2.75, 3.05) is 5.32 Å². The highest BCUT2D eigenvalue weighted by Gasteiger charge is 2.34. The van der Waals surface area contributed by atoms with Gasteiger partial charge in [0.05, 0.1) is 0 Å². The van der Waals surface area contributed by atoms with Crippen LogP contribution in [0.3, 0.4) is 0 Å². The van der Waals surface area contributed by atoms with Gasteiger partial charge in [0.2, 0.25) is 0 Å². The van der Waals surface area contributed by atoms with Gasteiger partial charge in [-0.05, 0) is 36.4 Å². The first-order valence-corrected chi connectivity index (χ1v) is 6.65. The Kier molecular flexibility index (Phi) is 4.88. The SMILES string of the molecule is O=C(/C=C(/Nc1ccccc1)C(F)(F)F)c1ccc(Cl)cc1. The van der Waals surface area contributed by atoms with Crippen LogP contribution in [0.5, 0.6) is 0 Å². The van der Waals surface area contributed by atoms with Crippen LogP contribution >= 0.6 is 11.6 Å². The van der Waals surface area contributed by atoms with E-state index >= 15 is 0 Å². The van der Waals surface area contributed by atoms with Gasteiger partial charge in [0.25, 0.3) is 0 Å². The van der Waals surface area contributed by atoms with Crippen molar-refractivity contribution in [1.82, 2.24) is 0 Å². The molecule has 0 aromatic heterocycles. The molecule has 2 aromatic rings. The van der Waals surface area contributed by atoms with E-state index < -0.39 is 17.7 Å².